The van der Waals surface area contributed by atoms with Crippen LogP contribution < -0.4 is 10.5 Å². The first kappa shape index (κ1) is 12.5. The number of nitrogens with two attached hydrogens (primary N) is 1. The summed E-state index contributed by atoms with van der Waals surface area (Å²) in [6, 6.07) is 6.21. The van der Waals surface area contributed by atoms with Crippen molar-refractivity contribution in [3.63, 3.8) is 0 Å². The second kappa shape index (κ2) is 4.72. The van der Waals surface area contributed by atoms with Crippen molar-refractivity contribution in [3.8, 4) is 16.9 Å². The highest BCUT2D eigenvalue weighted by Crippen LogP contribution is 2.36. The van der Waals surface area contributed by atoms with Gasteiger partial charge in [0.2, 0.25) is 0 Å². The number of nitrogens with one attached hydrogen (secondary N) is 1. The van der Waals surface area contributed by atoms with Gasteiger partial charge in [-0.05, 0) is 24.5 Å². The van der Waals surface area contributed by atoms with E-state index in [1.165, 1.54) is 5.56 Å². The third-order valence-corrected chi connectivity index (χ3v) is 3.14. The number of hydrogen-bond donors (Lipinski definition) is 2. The predicted molar refractivity (Wildman–Crippen MR) is 73.8 cm³/mol. The van der Waals surface area contributed by atoms with E-state index in [-0.39, 0.29) is 0 Å². The first-order valence-corrected chi connectivity index (χ1v) is 6.03. The molecule has 0 atom stereocenters. The van der Waals surface area contributed by atoms with Gasteiger partial charge in [-0.15, -0.1) is 0 Å². The number of H-pyrrole nitrogens is 1. The second-order valence-corrected chi connectivity index (χ2v) is 4.72. The Bertz CT molecular complexity index is 539. The Morgan fingerprint density at radius 3 is 2.56 bits per heavy atom. The minimum atomic E-state index is 0.468. The molecule has 0 unspecified atom stereocenters. The summed E-state index contributed by atoms with van der Waals surface area (Å²) < 4.78 is 5.47. The molecule has 4 heteroatoms. The molecule has 0 radical (unpaired) electrons. The maximum Gasteiger partial charge on any atom is 0.153 e. The van der Waals surface area contributed by atoms with E-state index in [9.17, 15) is 0 Å². The molecular formula is C14H19N3O. The molecule has 2 aromatic rings. The van der Waals surface area contributed by atoms with E-state index in [1.807, 2.05) is 13.0 Å². The van der Waals surface area contributed by atoms with E-state index < -0.39 is 0 Å². The normalized spacial score (nSPS) is 10.9. The molecular weight excluding hydrogens is 226 g/mol. The van der Waals surface area contributed by atoms with Crippen LogP contribution in [0.3, 0.4) is 0 Å². The van der Waals surface area contributed by atoms with Crippen LogP contribution in [0.5, 0.6) is 5.75 Å². The Morgan fingerprint density at radius 2 is 2.06 bits per heavy atom. The number of hydrogen-bond acceptors (Lipinski definition) is 3. The lowest BCUT2D eigenvalue weighted by molar-refractivity contribution is 0.415. The summed E-state index contributed by atoms with van der Waals surface area (Å²) in [4.78, 5) is 0. The summed E-state index contributed by atoms with van der Waals surface area (Å²) in [6.45, 7) is 6.27. The lowest BCUT2D eigenvalue weighted by Gasteiger charge is -2.12. The van der Waals surface area contributed by atoms with Crippen LogP contribution in [0.15, 0.2) is 18.2 Å². The Labute approximate surface area is 107 Å². The molecule has 1 aromatic heterocycles. The molecule has 18 heavy (non-hydrogen) atoms. The van der Waals surface area contributed by atoms with Crippen LogP contribution in [-0.4, -0.2) is 17.3 Å². The molecule has 0 saturated carbocycles. The number of benzene rings is 1. The second-order valence-electron chi connectivity index (χ2n) is 4.72. The maximum atomic E-state index is 5.90. The molecule has 0 saturated heterocycles. The number of aromatic amines is 1. The Kier molecular flexibility index (Phi) is 3.28. The van der Waals surface area contributed by atoms with E-state index in [0.717, 1.165) is 22.6 Å². The van der Waals surface area contributed by atoms with Gasteiger partial charge in [0, 0.05) is 16.8 Å². The summed E-state index contributed by atoms with van der Waals surface area (Å²) in [5.74, 6) is 1.80. The van der Waals surface area contributed by atoms with E-state index in [1.54, 1.807) is 7.11 Å². The summed E-state index contributed by atoms with van der Waals surface area (Å²) in [5.41, 5.74) is 9.99. The van der Waals surface area contributed by atoms with E-state index in [2.05, 4.69) is 36.2 Å². The van der Waals surface area contributed by atoms with Crippen molar-refractivity contribution in [1.82, 2.24) is 10.2 Å². The molecule has 0 aliphatic rings. The Morgan fingerprint density at radius 1 is 1.33 bits per heavy atom. The average molecular weight is 245 g/mol. The predicted octanol–water partition coefficient (Wildman–Crippen LogP) is 3.10. The molecule has 1 heterocycles. The van der Waals surface area contributed by atoms with Gasteiger partial charge in [0.1, 0.15) is 5.75 Å². The standard InChI is InChI=1S/C14H19N3O/c1-8(2)10-5-6-11(12(7-10)18-4)13-9(3)16-17-14(13)15/h5-8H,1-4H3,(H3,15,16,17). The molecule has 0 spiro atoms. The van der Waals surface area contributed by atoms with Crippen molar-refractivity contribution in [2.75, 3.05) is 12.8 Å². The van der Waals surface area contributed by atoms with Gasteiger partial charge in [-0.1, -0.05) is 26.0 Å². The van der Waals surface area contributed by atoms with Crippen molar-refractivity contribution in [3.05, 3.63) is 29.5 Å². The minimum Gasteiger partial charge on any atom is -0.496 e. The van der Waals surface area contributed by atoms with Gasteiger partial charge in [0.05, 0.1) is 7.11 Å². The summed E-state index contributed by atoms with van der Waals surface area (Å²) in [5, 5.41) is 6.92. The summed E-state index contributed by atoms with van der Waals surface area (Å²) in [7, 11) is 1.68. The quantitative estimate of drug-likeness (QED) is 0.873. The first-order valence-electron chi connectivity index (χ1n) is 6.03. The van der Waals surface area contributed by atoms with Crippen LogP contribution in [0.2, 0.25) is 0 Å². The third kappa shape index (κ3) is 2.06. The topological polar surface area (TPSA) is 63.9 Å². The van der Waals surface area contributed by atoms with Crippen molar-refractivity contribution in [2.24, 2.45) is 0 Å². The molecule has 0 aliphatic carbocycles. The van der Waals surface area contributed by atoms with Gasteiger partial charge >= 0.3 is 0 Å². The highest BCUT2D eigenvalue weighted by molar-refractivity contribution is 5.80. The van der Waals surface area contributed by atoms with Gasteiger partial charge in [0.25, 0.3) is 0 Å². The number of aryl methyl sites for hydroxylation is 1. The molecule has 96 valence electrons. The van der Waals surface area contributed by atoms with Crippen LogP contribution in [-0.2, 0) is 0 Å². The Hall–Kier alpha value is -1.97. The lowest BCUT2D eigenvalue weighted by Crippen LogP contribution is -1.95. The van der Waals surface area contributed by atoms with E-state index >= 15 is 0 Å². The molecule has 4 nitrogen and oxygen atoms in total. The number of nitrogen functional groups attached to an aromatic ring is 1. The summed E-state index contributed by atoms with van der Waals surface area (Å²) >= 11 is 0. The highest BCUT2D eigenvalue weighted by atomic mass is 16.5. The molecule has 3 N–H and O–H groups in total. The van der Waals surface area contributed by atoms with Crippen LogP contribution in [0.4, 0.5) is 5.82 Å². The van der Waals surface area contributed by atoms with Crippen molar-refractivity contribution in [1.29, 1.82) is 0 Å². The fraction of sp³-hybridized carbons (Fsp3) is 0.357. The molecule has 0 amide bonds. The molecule has 1 aromatic carbocycles. The summed E-state index contributed by atoms with van der Waals surface area (Å²) in [6.07, 6.45) is 0. The lowest BCUT2D eigenvalue weighted by atomic mass is 9.97. The van der Waals surface area contributed by atoms with Gasteiger partial charge in [-0.3, -0.25) is 5.10 Å². The highest BCUT2D eigenvalue weighted by Gasteiger charge is 2.15. The number of methoxy groups -OCH3 is 1. The van der Waals surface area contributed by atoms with Crippen LogP contribution in [0.25, 0.3) is 11.1 Å². The smallest absolute Gasteiger partial charge is 0.153 e. The monoisotopic (exact) mass is 245 g/mol. The molecule has 0 fully saturated rings. The zero-order valence-electron chi connectivity index (χ0n) is 11.2. The zero-order valence-corrected chi connectivity index (χ0v) is 11.2. The van der Waals surface area contributed by atoms with E-state index in [0.29, 0.717) is 11.7 Å². The van der Waals surface area contributed by atoms with Crippen molar-refractivity contribution >= 4 is 5.82 Å². The van der Waals surface area contributed by atoms with E-state index in [4.69, 9.17) is 10.5 Å². The average Bonchev–Trinajstić information content (AvgIpc) is 2.68. The third-order valence-electron chi connectivity index (χ3n) is 3.14. The zero-order chi connectivity index (χ0) is 13.3. The maximum absolute atomic E-state index is 5.90. The van der Waals surface area contributed by atoms with Crippen LogP contribution in [0, 0.1) is 6.92 Å². The first-order chi connectivity index (χ1) is 8.54. The number of aromatic nitrogens is 2. The number of ether oxygens (including phenoxy) is 1. The molecule has 0 aliphatic heterocycles. The number of nitrogens with zero attached hydrogens (tertiary/aromatic N) is 1. The van der Waals surface area contributed by atoms with Crippen LogP contribution in [0.1, 0.15) is 31.0 Å². The van der Waals surface area contributed by atoms with Crippen LogP contribution >= 0.6 is 0 Å². The van der Waals surface area contributed by atoms with Gasteiger partial charge < -0.3 is 10.5 Å². The van der Waals surface area contributed by atoms with Crippen molar-refractivity contribution < 1.29 is 4.74 Å². The van der Waals surface area contributed by atoms with Gasteiger partial charge in [-0.2, -0.15) is 5.10 Å². The van der Waals surface area contributed by atoms with Crippen molar-refractivity contribution in [2.45, 2.75) is 26.7 Å². The molecule has 0 bridgehead atoms. The van der Waals surface area contributed by atoms with Gasteiger partial charge in [0.15, 0.2) is 5.82 Å². The SMILES string of the molecule is COc1cc(C(C)C)ccc1-c1c(N)n[nH]c1C. The Balaban J connectivity index is 2.58. The molecule has 2 rings (SSSR count). The number of anilines is 1. The number of rotatable bonds is 3. The fourth-order valence-electron chi connectivity index (χ4n) is 2.06. The minimum absolute atomic E-state index is 0.468. The largest absolute Gasteiger partial charge is 0.496 e. The fourth-order valence-corrected chi connectivity index (χ4v) is 2.06. The van der Waals surface area contributed by atoms with Gasteiger partial charge in [-0.25, -0.2) is 0 Å².